The molecule has 0 aliphatic carbocycles. The number of amides is 2. The highest BCUT2D eigenvalue weighted by Crippen LogP contribution is 2.12. The predicted molar refractivity (Wildman–Crippen MR) is 127 cm³/mol. The zero-order valence-electron chi connectivity index (χ0n) is 19.8. The molecule has 0 saturated carbocycles. The van der Waals surface area contributed by atoms with Crippen molar-refractivity contribution in [2.24, 2.45) is 5.73 Å². The van der Waals surface area contributed by atoms with Gasteiger partial charge in [-0.25, -0.2) is 0 Å². The summed E-state index contributed by atoms with van der Waals surface area (Å²) in [5.41, 5.74) is 5.23. The molecule has 0 fully saturated rings. The average Bonchev–Trinajstić information content (AvgIpc) is 2.75. The molecule has 3 atom stereocenters. The van der Waals surface area contributed by atoms with E-state index in [1.54, 1.807) is 13.1 Å². The average molecular weight is 442 g/mol. The van der Waals surface area contributed by atoms with Crippen molar-refractivity contribution in [3.63, 3.8) is 0 Å². The first-order valence-electron chi connectivity index (χ1n) is 12.2. The molecule has 0 aliphatic heterocycles. The molecule has 0 spiro atoms. The lowest BCUT2D eigenvalue weighted by molar-refractivity contribution is -0.123. The standard InChI is InChI=1S/C24H47N3O4/c1-3-4-5-6-7-8-9-10-11-12-13-14-15-16-22(29)21(19-28)27-23(30)18-17-20(26-2)24(25)31/h15-16,20-22,26,28-29H,3-14,17-19H2,1-2H3,(H2,25,31)(H,27,30)/b16-15+/t20-,21-,22+/m0/s1. The van der Waals surface area contributed by atoms with Crippen molar-refractivity contribution in [2.75, 3.05) is 13.7 Å². The second-order valence-electron chi connectivity index (χ2n) is 8.38. The van der Waals surface area contributed by atoms with E-state index in [4.69, 9.17) is 5.73 Å². The molecule has 0 aromatic heterocycles. The van der Waals surface area contributed by atoms with E-state index in [0.717, 1.165) is 12.8 Å². The van der Waals surface area contributed by atoms with E-state index >= 15 is 0 Å². The van der Waals surface area contributed by atoms with Gasteiger partial charge in [-0.05, 0) is 26.3 Å². The van der Waals surface area contributed by atoms with Gasteiger partial charge in [0.1, 0.15) is 0 Å². The van der Waals surface area contributed by atoms with Crippen LogP contribution in [0.3, 0.4) is 0 Å². The number of nitrogens with two attached hydrogens (primary N) is 1. The van der Waals surface area contributed by atoms with Crippen LogP contribution in [0.1, 0.15) is 96.8 Å². The van der Waals surface area contributed by atoms with Crippen LogP contribution in [0.4, 0.5) is 0 Å². The molecular formula is C24H47N3O4. The molecule has 7 nitrogen and oxygen atoms in total. The van der Waals surface area contributed by atoms with Crippen LogP contribution < -0.4 is 16.4 Å². The minimum Gasteiger partial charge on any atom is -0.394 e. The molecule has 7 heteroatoms. The quantitative estimate of drug-likeness (QED) is 0.138. The van der Waals surface area contributed by atoms with E-state index < -0.39 is 24.1 Å². The summed E-state index contributed by atoms with van der Waals surface area (Å²) in [6.07, 6.45) is 18.1. The zero-order valence-corrected chi connectivity index (χ0v) is 19.8. The number of primary amides is 1. The van der Waals surface area contributed by atoms with Crippen LogP contribution in [0.2, 0.25) is 0 Å². The van der Waals surface area contributed by atoms with Gasteiger partial charge in [0.05, 0.1) is 24.8 Å². The molecule has 0 aromatic carbocycles. The first-order valence-corrected chi connectivity index (χ1v) is 12.2. The Morgan fingerprint density at radius 1 is 0.968 bits per heavy atom. The number of carbonyl (C=O) groups is 2. The maximum atomic E-state index is 12.0. The van der Waals surface area contributed by atoms with Gasteiger partial charge in [0.2, 0.25) is 11.8 Å². The Kier molecular flexibility index (Phi) is 19.5. The normalized spacial score (nSPS) is 14.5. The second kappa shape index (κ2) is 20.5. The molecule has 0 heterocycles. The SMILES string of the molecule is CCCCCCCCCCCCC/C=C/[C@@H](O)[C@H](CO)NC(=O)CC[C@H](NC)C(N)=O. The molecule has 0 radical (unpaired) electrons. The van der Waals surface area contributed by atoms with Gasteiger partial charge in [-0.1, -0.05) is 83.3 Å². The Morgan fingerprint density at radius 3 is 2.00 bits per heavy atom. The maximum absolute atomic E-state index is 12.0. The lowest BCUT2D eigenvalue weighted by Crippen LogP contribution is -2.46. The molecule has 0 aromatic rings. The molecule has 0 rings (SSSR count). The van der Waals surface area contributed by atoms with Crippen LogP contribution in [-0.4, -0.2) is 53.9 Å². The summed E-state index contributed by atoms with van der Waals surface area (Å²) in [4.78, 5) is 23.2. The number of hydrogen-bond acceptors (Lipinski definition) is 5. The zero-order chi connectivity index (χ0) is 23.3. The number of unbranched alkanes of at least 4 members (excludes halogenated alkanes) is 11. The van der Waals surface area contributed by atoms with Crippen molar-refractivity contribution in [1.29, 1.82) is 0 Å². The summed E-state index contributed by atoms with van der Waals surface area (Å²) >= 11 is 0. The van der Waals surface area contributed by atoms with Crippen molar-refractivity contribution >= 4 is 11.8 Å². The first-order chi connectivity index (χ1) is 15.0. The van der Waals surface area contributed by atoms with E-state index in [1.165, 1.54) is 64.2 Å². The van der Waals surface area contributed by atoms with Crippen LogP contribution in [0.25, 0.3) is 0 Å². The fourth-order valence-electron chi connectivity index (χ4n) is 3.52. The van der Waals surface area contributed by atoms with Gasteiger partial charge < -0.3 is 26.6 Å². The molecular weight excluding hydrogens is 394 g/mol. The third-order valence-corrected chi connectivity index (χ3v) is 5.61. The fraction of sp³-hybridized carbons (Fsp3) is 0.833. The van der Waals surface area contributed by atoms with Crippen LogP contribution in [0.5, 0.6) is 0 Å². The Hall–Kier alpha value is -1.44. The number of likely N-dealkylation sites (N-methyl/N-ethyl adjacent to an activating group) is 1. The first kappa shape index (κ1) is 29.6. The summed E-state index contributed by atoms with van der Waals surface area (Å²) in [7, 11) is 1.61. The number of allylic oxidation sites excluding steroid dienone is 1. The summed E-state index contributed by atoms with van der Waals surface area (Å²) in [5.74, 6) is -0.849. The minimum atomic E-state index is -0.946. The number of rotatable bonds is 21. The largest absolute Gasteiger partial charge is 0.394 e. The summed E-state index contributed by atoms with van der Waals surface area (Å²) in [6.45, 7) is 1.89. The van der Waals surface area contributed by atoms with Crippen LogP contribution >= 0.6 is 0 Å². The van der Waals surface area contributed by atoms with E-state index in [1.807, 2.05) is 6.08 Å². The van der Waals surface area contributed by atoms with Crippen molar-refractivity contribution in [1.82, 2.24) is 10.6 Å². The molecule has 0 aliphatic rings. The van der Waals surface area contributed by atoms with Crippen molar-refractivity contribution < 1.29 is 19.8 Å². The minimum absolute atomic E-state index is 0.0835. The molecule has 2 amide bonds. The molecule has 31 heavy (non-hydrogen) atoms. The topological polar surface area (TPSA) is 125 Å². The number of hydrogen-bond donors (Lipinski definition) is 5. The van der Waals surface area contributed by atoms with Crippen LogP contribution in [-0.2, 0) is 9.59 Å². The Balaban J connectivity index is 3.87. The van der Waals surface area contributed by atoms with Crippen molar-refractivity contribution in [2.45, 2.75) is 115 Å². The van der Waals surface area contributed by atoms with E-state index in [0.29, 0.717) is 0 Å². The van der Waals surface area contributed by atoms with E-state index in [2.05, 4.69) is 17.6 Å². The Bertz CT molecular complexity index is 485. The van der Waals surface area contributed by atoms with Crippen molar-refractivity contribution in [3.05, 3.63) is 12.2 Å². The highest BCUT2D eigenvalue weighted by atomic mass is 16.3. The number of nitrogens with one attached hydrogen (secondary N) is 2. The monoisotopic (exact) mass is 441 g/mol. The van der Waals surface area contributed by atoms with Crippen LogP contribution in [0.15, 0.2) is 12.2 Å². The van der Waals surface area contributed by atoms with Crippen LogP contribution in [0, 0.1) is 0 Å². The van der Waals surface area contributed by atoms with Gasteiger partial charge in [-0.2, -0.15) is 0 Å². The predicted octanol–water partition coefficient (Wildman–Crippen LogP) is 2.94. The molecule has 0 saturated heterocycles. The van der Waals surface area contributed by atoms with Gasteiger partial charge in [0.15, 0.2) is 0 Å². The van der Waals surface area contributed by atoms with E-state index in [-0.39, 0.29) is 25.4 Å². The highest BCUT2D eigenvalue weighted by Gasteiger charge is 2.20. The van der Waals surface area contributed by atoms with Gasteiger partial charge in [-0.3, -0.25) is 9.59 Å². The van der Waals surface area contributed by atoms with Gasteiger partial charge in [-0.15, -0.1) is 0 Å². The summed E-state index contributed by atoms with van der Waals surface area (Å²) in [6, 6.07) is -1.34. The second-order valence-corrected chi connectivity index (χ2v) is 8.38. The molecule has 182 valence electrons. The third-order valence-electron chi connectivity index (χ3n) is 5.61. The van der Waals surface area contributed by atoms with E-state index in [9.17, 15) is 19.8 Å². The maximum Gasteiger partial charge on any atom is 0.234 e. The Labute approximate surface area is 189 Å². The lowest BCUT2D eigenvalue weighted by Gasteiger charge is -2.20. The number of aliphatic hydroxyl groups excluding tert-OH is 2. The number of carbonyl (C=O) groups excluding carboxylic acids is 2. The van der Waals surface area contributed by atoms with Crippen molar-refractivity contribution in [3.8, 4) is 0 Å². The molecule has 6 N–H and O–H groups in total. The summed E-state index contributed by atoms with van der Waals surface area (Å²) in [5, 5.41) is 25.0. The Morgan fingerprint density at radius 2 is 1.52 bits per heavy atom. The lowest BCUT2D eigenvalue weighted by atomic mass is 10.0. The van der Waals surface area contributed by atoms with Gasteiger partial charge in [0.25, 0.3) is 0 Å². The van der Waals surface area contributed by atoms with Gasteiger partial charge >= 0.3 is 0 Å². The third kappa shape index (κ3) is 16.9. The smallest absolute Gasteiger partial charge is 0.234 e. The summed E-state index contributed by atoms with van der Waals surface area (Å²) < 4.78 is 0. The fourth-order valence-corrected chi connectivity index (χ4v) is 3.52. The van der Waals surface area contributed by atoms with Gasteiger partial charge in [0, 0.05) is 6.42 Å². The molecule has 0 bridgehead atoms. The number of aliphatic hydroxyl groups is 2. The highest BCUT2D eigenvalue weighted by molar-refractivity contribution is 5.81. The molecule has 0 unspecified atom stereocenters.